The molecule has 6 nitrogen and oxygen atoms in total. The lowest BCUT2D eigenvalue weighted by Gasteiger charge is -2.06. The molecule has 0 unspecified atom stereocenters. The molecule has 7 heteroatoms. The van der Waals surface area contributed by atoms with Crippen molar-refractivity contribution >= 4 is 34.3 Å². The van der Waals surface area contributed by atoms with Gasteiger partial charge in [0.25, 0.3) is 0 Å². The Hall–Kier alpha value is -3.06. The largest absolute Gasteiger partial charge is 0.361 e. The van der Waals surface area contributed by atoms with Crippen molar-refractivity contribution in [1.29, 1.82) is 0 Å². The van der Waals surface area contributed by atoms with Gasteiger partial charge in [0, 0.05) is 41.2 Å². The fourth-order valence-electron chi connectivity index (χ4n) is 3.08. The third-order valence-electron chi connectivity index (χ3n) is 4.54. The molecule has 0 radical (unpaired) electrons. The molecule has 2 aromatic carbocycles. The van der Waals surface area contributed by atoms with E-state index in [-0.39, 0.29) is 5.91 Å². The van der Waals surface area contributed by atoms with Gasteiger partial charge in [-0.25, -0.2) is 0 Å². The molecule has 2 N–H and O–H groups in total. The minimum absolute atomic E-state index is 0.0357. The third-order valence-corrected chi connectivity index (χ3v) is 5.60. The number of fused-ring (bicyclic) bond motifs is 1. The van der Waals surface area contributed by atoms with Crippen molar-refractivity contribution in [3.63, 3.8) is 0 Å². The second-order valence-electron chi connectivity index (χ2n) is 6.61. The number of hydrogen-bond donors (Lipinski definition) is 2. The molecule has 0 aliphatic carbocycles. The van der Waals surface area contributed by atoms with Crippen LogP contribution in [0.15, 0.2) is 71.1 Å². The topological polar surface area (TPSA) is 75.6 Å². The monoisotopic (exact) mass is 391 g/mol. The second-order valence-corrected chi connectivity index (χ2v) is 7.65. The van der Waals surface area contributed by atoms with Gasteiger partial charge in [0.05, 0.1) is 0 Å². The van der Waals surface area contributed by atoms with Gasteiger partial charge in [-0.05, 0) is 60.5 Å². The minimum Gasteiger partial charge on any atom is -0.361 e. The number of amides is 1. The predicted molar refractivity (Wildman–Crippen MR) is 111 cm³/mol. The van der Waals surface area contributed by atoms with E-state index in [9.17, 15) is 4.79 Å². The summed E-state index contributed by atoms with van der Waals surface area (Å²) in [6, 6.07) is 16.0. The van der Waals surface area contributed by atoms with Crippen LogP contribution in [0.1, 0.15) is 18.4 Å². The Balaban J connectivity index is 1.27. The van der Waals surface area contributed by atoms with E-state index in [1.165, 1.54) is 22.7 Å². The minimum atomic E-state index is 0.0357. The van der Waals surface area contributed by atoms with Crippen LogP contribution in [0.2, 0.25) is 0 Å². The summed E-state index contributed by atoms with van der Waals surface area (Å²) in [4.78, 5) is 16.6. The van der Waals surface area contributed by atoms with Crippen molar-refractivity contribution < 1.29 is 4.79 Å². The van der Waals surface area contributed by atoms with Gasteiger partial charge in [-0.3, -0.25) is 4.79 Å². The Bertz CT molecular complexity index is 1080. The molecule has 4 aromatic rings. The van der Waals surface area contributed by atoms with Crippen LogP contribution in [0.25, 0.3) is 10.9 Å². The quantitative estimate of drug-likeness (QED) is 0.489. The molecule has 0 spiro atoms. The van der Waals surface area contributed by atoms with Gasteiger partial charge in [-0.1, -0.05) is 18.2 Å². The highest BCUT2D eigenvalue weighted by Gasteiger charge is 2.07. The molecular formula is C21H21N5OS. The zero-order valence-corrected chi connectivity index (χ0v) is 16.4. The van der Waals surface area contributed by atoms with Gasteiger partial charge in [-0.15, -0.1) is 10.2 Å². The van der Waals surface area contributed by atoms with E-state index in [1.54, 1.807) is 6.33 Å². The Morgan fingerprint density at radius 2 is 2.00 bits per heavy atom. The predicted octanol–water partition coefficient (Wildman–Crippen LogP) is 4.41. The van der Waals surface area contributed by atoms with E-state index >= 15 is 0 Å². The normalized spacial score (nSPS) is 11.0. The maximum Gasteiger partial charge on any atom is 0.224 e. The highest BCUT2D eigenvalue weighted by Crippen LogP contribution is 2.26. The first kappa shape index (κ1) is 18.3. The summed E-state index contributed by atoms with van der Waals surface area (Å²) in [6.45, 7) is 0. The second kappa shape index (κ2) is 8.31. The summed E-state index contributed by atoms with van der Waals surface area (Å²) in [5.41, 5.74) is 3.20. The van der Waals surface area contributed by atoms with Crippen molar-refractivity contribution in [1.82, 2.24) is 19.7 Å². The standard InChI is InChI=1S/C21H21N5OS/c1-26-14-23-25-21(26)28-17-11-9-16(10-12-17)24-20(27)8-4-5-15-13-22-19-7-3-2-6-18(15)19/h2-3,6-7,9-14,22H,4-5,8H2,1H3,(H,24,27). The van der Waals surface area contributed by atoms with Crippen LogP contribution in [0.5, 0.6) is 0 Å². The van der Waals surface area contributed by atoms with E-state index in [4.69, 9.17) is 0 Å². The number of aromatic nitrogens is 4. The first-order valence-electron chi connectivity index (χ1n) is 9.16. The maximum atomic E-state index is 12.2. The van der Waals surface area contributed by atoms with Crippen LogP contribution in [-0.2, 0) is 18.3 Å². The number of nitrogens with one attached hydrogen (secondary N) is 2. The number of nitrogens with zero attached hydrogens (tertiary/aromatic N) is 3. The number of benzene rings is 2. The van der Waals surface area contributed by atoms with Crippen molar-refractivity contribution in [2.24, 2.45) is 7.05 Å². The Kier molecular flexibility index (Phi) is 5.43. The lowest BCUT2D eigenvalue weighted by molar-refractivity contribution is -0.116. The smallest absolute Gasteiger partial charge is 0.224 e. The molecule has 0 atom stereocenters. The highest BCUT2D eigenvalue weighted by atomic mass is 32.2. The van der Waals surface area contributed by atoms with Crippen LogP contribution < -0.4 is 5.32 Å². The summed E-state index contributed by atoms with van der Waals surface area (Å²) in [5, 5.41) is 13.0. The first-order chi connectivity index (χ1) is 13.7. The van der Waals surface area contributed by atoms with Gasteiger partial charge < -0.3 is 14.9 Å². The number of carbonyl (C=O) groups excluding carboxylic acids is 1. The number of H-pyrrole nitrogens is 1. The number of anilines is 1. The lowest BCUT2D eigenvalue weighted by Crippen LogP contribution is -2.11. The zero-order valence-electron chi connectivity index (χ0n) is 15.6. The van der Waals surface area contributed by atoms with Crippen LogP contribution in [0.4, 0.5) is 5.69 Å². The summed E-state index contributed by atoms with van der Waals surface area (Å²) in [7, 11) is 1.91. The summed E-state index contributed by atoms with van der Waals surface area (Å²) >= 11 is 1.54. The fraction of sp³-hybridized carbons (Fsp3) is 0.190. The molecule has 0 saturated carbocycles. The van der Waals surface area contributed by atoms with Gasteiger partial charge in [0.15, 0.2) is 5.16 Å². The molecule has 0 aliphatic rings. The van der Waals surface area contributed by atoms with Crippen molar-refractivity contribution in [2.75, 3.05) is 5.32 Å². The van der Waals surface area contributed by atoms with E-state index in [2.05, 4.69) is 32.6 Å². The van der Waals surface area contributed by atoms with Gasteiger partial charge in [-0.2, -0.15) is 0 Å². The molecular weight excluding hydrogens is 370 g/mol. The number of rotatable bonds is 7. The average Bonchev–Trinajstić information content (AvgIpc) is 3.30. The molecule has 0 saturated heterocycles. The first-order valence-corrected chi connectivity index (χ1v) is 9.97. The molecule has 142 valence electrons. The molecule has 0 bridgehead atoms. The number of hydrogen-bond acceptors (Lipinski definition) is 4. The summed E-state index contributed by atoms with van der Waals surface area (Å²) < 4.78 is 1.87. The molecule has 2 heterocycles. The Morgan fingerprint density at radius 3 is 2.79 bits per heavy atom. The van der Waals surface area contributed by atoms with E-state index in [0.29, 0.717) is 6.42 Å². The van der Waals surface area contributed by atoms with Crippen molar-refractivity contribution in [3.8, 4) is 0 Å². The Labute approximate surface area is 167 Å². The number of para-hydroxylation sites is 1. The molecule has 2 aromatic heterocycles. The zero-order chi connectivity index (χ0) is 19.3. The lowest BCUT2D eigenvalue weighted by atomic mass is 10.1. The van der Waals surface area contributed by atoms with E-state index < -0.39 is 0 Å². The van der Waals surface area contributed by atoms with Crippen molar-refractivity contribution in [3.05, 3.63) is 66.6 Å². The molecule has 28 heavy (non-hydrogen) atoms. The maximum absolute atomic E-state index is 12.2. The highest BCUT2D eigenvalue weighted by molar-refractivity contribution is 7.99. The third kappa shape index (κ3) is 4.26. The van der Waals surface area contributed by atoms with Crippen LogP contribution in [0.3, 0.4) is 0 Å². The van der Waals surface area contributed by atoms with Crippen LogP contribution >= 0.6 is 11.8 Å². The fourth-order valence-corrected chi connectivity index (χ4v) is 3.84. The SMILES string of the molecule is Cn1cnnc1Sc1ccc(NC(=O)CCCc2c[nH]c3ccccc23)cc1. The Morgan fingerprint density at radius 1 is 1.18 bits per heavy atom. The van der Waals surface area contributed by atoms with Crippen molar-refractivity contribution in [2.45, 2.75) is 29.3 Å². The van der Waals surface area contributed by atoms with E-state index in [1.807, 2.05) is 54.2 Å². The molecule has 0 fully saturated rings. The molecule has 1 amide bonds. The number of carbonyl (C=O) groups is 1. The van der Waals surface area contributed by atoms with Crippen LogP contribution in [-0.4, -0.2) is 25.7 Å². The van der Waals surface area contributed by atoms with Gasteiger partial charge in [0.1, 0.15) is 6.33 Å². The van der Waals surface area contributed by atoms with Gasteiger partial charge in [0.2, 0.25) is 5.91 Å². The molecule has 0 aliphatic heterocycles. The average molecular weight is 392 g/mol. The molecule has 4 rings (SSSR count). The summed E-state index contributed by atoms with van der Waals surface area (Å²) in [5.74, 6) is 0.0357. The van der Waals surface area contributed by atoms with Crippen LogP contribution in [0, 0.1) is 0 Å². The summed E-state index contributed by atoms with van der Waals surface area (Å²) in [6.07, 6.45) is 5.90. The number of aromatic amines is 1. The number of aryl methyl sites for hydroxylation is 2. The van der Waals surface area contributed by atoms with Gasteiger partial charge >= 0.3 is 0 Å². The van der Waals surface area contributed by atoms with E-state index in [0.717, 1.165) is 34.1 Å².